The highest BCUT2D eigenvalue weighted by molar-refractivity contribution is 14.0. The Bertz CT molecular complexity index is 809. The molecule has 0 fully saturated rings. The maximum atomic E-state index is 11.8. The fourth-order valence-electron chi connectivity index (χ4n) is 2.77. The van der Waals surface area contributed by atoms with Crippen molar-refractivity contribution in [2.24, 2.45) is 4.99 Å². The van der Waals surface area contributed by atoms with Crippen molar-refractivity contribution < 1.29 is 9.47 Å². The van der Waals surface area contributed by atoms with Crippen LogP contribution in [0.3, 0.4) is 0 Å². The first kappa shape index (κ1) is 27.1. The van der Waals surface area contributed by atoms with Crippen LogP contribution in [0.25, 0.3) is 0 Å². The van der Waals surface area contributed by atoms with E-state index in [1.165, 1.54) is 0 Å². The second kappa shape index (κ2) is 16.7. The molecule has 0 unspecified atom stereocenters. The van der Waals surface area contributed by atoms with Gasteiger partial charge in [0.15, 0.2) is 5.96 Å². The number of benzene rings is 1. The smallest absolute Gasteiger partial charge is 0.250 e. The van der Waals surface area contributed by atoms with Gasteiger partial charge in [-0.15, -0.1) is 24.0 Å². The molecule has 0 saturated heterocycles. The van der Waals surface area contributed by atoms with Crippen LogP contribution in [0.1, 0.15) is 30.9 Å². The Labute approximate surface area is 202 Å². The summed E-state index contributed by atoms with van der Waals surface area (Å²) in [5.41, 5.74) is 2.24. The van der Waals surface area contributed by atoms with Gasteiger partial charge in [-0.1, -0.05) is 43.7 Å². The molecule has 0 saturated carbocycles. The van der Waals surface area contributed by atoms with Gasteiger partial charge in [-0.3, -0.25) is 9.79 Å². The summed E-state index contributed by atoms with van der Waals surface area (Å²) < 4.78 is 12.7. The summed E-state index contributed by atoms with van der Waals surface area (Å²) in [4.78, 5) is 16.0. The van der Waals surface area contributed by atoms with Gasteiger partial charge in [0.2, 0.25) is 0 Å². The van der Waals surface area contributed by atoms with E-state index in [0.29, 0.717) is 39.5 Å². The van der Waals surface area contributed by atoms with E-state index in [1.807, 2.05) is 18.2 Å². The van der Waals surface area contributed by atoms with Crippen LogP contribution in [0, 0.1) is 0 Å². The van der Waals surface area contributed by atoms with Crippen molar-refractivity contribution in [3.8, 4) is 0 Å². The predicted molar refractivity (Wildman–Crippen MR) is 136 cm³/mol. The lowest BCUT2D eigenvalue weighted by molar-refractivity contribution is 0.0487. The lowest BCUT2D eigenvalue weighted by Gasteiger charge is -2.13. The summed E-state index contributed by atoms with van der Waals surface area (Å²) in [6.45, 7) is 6.72. The van der Waals surface area contributed by atoms with Gasteiger partial charge in [0.25, 0.3) is 5.56 Å². The highest BCUT2D eigenvalue weighted by Gasteiger charge is 2.01. The second-order valence-corrected chi connectivity index (χ2v) is 6.91. The molecule has 0 amide bonds. The number of pyridine rings is 1. The maximum Gasteiger partial charge on any atom is 0.250 e. The van der Waals surface area contributed by atoms with Crippen LogP contribution in [0.15, 0.2) is 58.4 Å². The summed E-state index contributed by atoms with van der Waals surface area (Å²) in [5, 5.41) is 6.53. The lowest BCUT2D eigenvalue weighted by Crippen LogP contribution is -2.38. The number of aliphatic imine (C=N–C) groups is 1. The van der Waals surface area contributed by atoms with Crippen molar-refractivity contribution in [3.05, 3.63) is 70.1 Å². The SMILES string of the molecule is CCCCOCCOCCNC(=NC)NCc1ccc(Cn2ccccc2=O)cc1.I. The van der Waals surface area contributed by atoms with E-state index in [0.717, 1.165) is 36.5 Å². The van der Waals surface area contributed by atoms with E-state index in [4.69, 9.17) is 9.47 Å². The number of unbranched alkanes of at least 4 members (excludes halogenated alkanes) is 1. The van der Waals surface area contributed by atoms with Crippen molar-refractivity contribution in [3.63, 3.8) is 0 Å². The Hall–Kier alpha value is -1.91. The summed E-state index contributed by atoms with van der Waals surface area (Å²) in [6.07, 6.45) is 4.05. The number of hydrogen-bond acceptors (Lipinski definition) is 4. The standard InChI is InChI=1S/C23H34N4O3.HI/c1-3-4-14-29-16-17-30-15-12-25-23(24-2)26-18-20-8-10-21(11-9-20)19-27-13-6-5-7-22(27)28;/h5-11,13H,3-4,12,14-19H2,1-2H3,(H2,24,25,26);1H. The largest absolute Gasteiger partial charge is 0.379 e. The molecule has 2 aromatic rings. The number of aromatic nitrogens is 1. The third-order valence-corrected chi connectivity index (χ3v) is 4.51. The molecule has 0 bridgehead atoms. The zero-order chi connectivity index (χ0) is 21.4. The van der Waals surface area contributed by atoms with Crippen LogP contribution >= 0.6 is 24.0 Å². The van der Waals surface area contributed by atoms with E-state index in [1.54, 1.807) is 29.9 Å². The topological polar surface area (TPSA) is 76.9 Å². The Morgan fingerprint density at radius 3 is 2.35 bits per heavy atom. The minimum Gasteiger partial charge on any atom is -0.379 e. The normalized spacial score (nSPS) is 11.1. The predicted octanol–water partition coefficient (Wildman–Crippen LogP) is 3.01. The van der Waals surface area contributed by atoms with E-state index >= 15 is 0 Å². The number of guanidine groups is 1. The number of ether oxygens (including phenoxy) is 2. The van der Waals surface area contributed by atoms with Crippen molar-refractivity contribution in [1.82, 2.24) is 15.2 Å². The van der Waals surface area contributed by atoms with Crippen molar-refractivity contribution in [2.45, 2.75) is 32.9 Å². The van der Waals surface area contributed by atoms with Crippen LogP contribution in [0.2, 0.25) is 0 Å². The second-order valence-electron chi connectivity index (χ2n) is 6.91. The highest BCUT2D eigenvalue weighted by Crippen LogP contribution is 2.05. The molecule has 1 aromatic carbocycles. The van der Waals surface area contributed by atoms with Gasteiger partial charge in [0.1, 0.15) is 0 Å². The summed E-state index contributed by atoms with van der Waals surface area (Å²) >= 11 is 0. The average molecular weight is 542 g/mol. The van der Waals surface area contributed by atoms with Crippen molar-refractivity contribution in [1.29, 1.82) is 0 Å². The lowest BCUT2D eigenvalue weighted by atomic mass is 10.1. The molecule has 7 nitrogen and oxygen atoms in total. The van der Waals surface area contributed by atoms with E-state index < -0.39 is 0 Å². The van der Waals surface area contributed by atoms with Gasteiger partial charge in [0, 0.05) is 39.0 Å². The number of halogens is 1. The molecular formula is C23H35IN4O3. The number of nitrogens with zero attached hydrogens (tertiary/aromatic N) is 2. The molecule has 0 spiro atoms. The molecule has 0 radical (unpaired) electrons. The van der Waals surface area contributed by atoms with Gasteiger partial charge in [0.05, 0.1) is 26.4 Å². The number of nitrogens with one attached hydrogen (secondary N) is 2. The number of hydrogen-bond donors (Lipinski definition) is 2. The highest BCUT2D eigenvalue weighted by atomic mass is 127. The minimum absolute atomic E-state index is 0. The Morgan fingerprint density at radius 1 is 0.968 bits per heavy atom. The van der Waals surface area contributed by atoms with Crippen molar-refractivity contribution in [2.75, 3.05) is 40.0 Å². The first-order chi connectivity index (χ1) is 14.7. The molecule has 0 aliphatic carbocycles. The minimum atomic E-state index is 0. The van der Waals surface area contributed by atoms with Crippen LogP contribution in [0.4, 0.5) is 0 Å². The fraction of sp³-hybridized carbons (Fsp3) is 0.478. The fourth-order valence-corrected chi connectivity index (χ4v) is 2.77. The molecule has 31 heavy (non-hydrogen) atoms. The maximum absolute atomic E-state index is 11.8. The molecule has 2 rings (SSSR count). The Kier molecular flexibility index (Phi) is 14.6. The average Bonchev–Trinajstić information content (AvgIpc) is 2.77. The van der Waals surface area contributed by atoms with Crippen LogP contribution in [-0.4, -0.2) is 50.5 Å². The molecule has 2 N–H and O–H groups in total. The summed E-state index contributed by atoms with van der Waals surface area (Å²) in [6, 6.07) is 13.4. The van der Waals surface area contributed by atoms with Crippen LogP contribution in [0.5, 0.6) is 0 Å². The first-order valence-electron chi connectivity index (χ1n) is 10.6. The van der Waals surface area contributed by atoms with Gasteiger partial charge in [-0.2, -0.15) is 0 Å². The molecule has 0 aliphatic rings. The van der Waals surface area contributed by atoms with E-state index in [9.17, 15) is 4.79 Å². The molecule has 172 valence electrons. The number of rotatable bonds is 13. The molecule has 1 aromatic heterocycles. The molecular weight excluding hydrogens is 507 g/mol. The van der Waals surface area contributed by atoms with Gasteiger partial charge >= 0.3 is 0 Å². The summed E-state index contributed by atoms with van der Waals surface area (Å²) in [5.74, 6) is 0.734. The molecule has 8 heteroatoms. The van der Waals surface area contributed by atoms with Crippen LogP contribution in [-0.2, 0) is 22.6 Å². The van der Waals surface area contributed by atoms with Gasteiger partial charge in [-0.25, -0.2) is 0 Å². The van der Waals surface area contributed by atoms with E-state index in [-0.39, 0.29) is 29.5 Å². The van der Waals surface area contributed by atoms with Crippen LogP contribution < -0.4 is 16.2 Å². The first-order valence-corrected chi connectivity index (χ1v) is 10.6. The third kappa shape index (κ3) is 11.3. The monoisotopic (exact) mass is 542 g/mol. The quantitative estimate of drug-likeness (QED) is 0.176. The van der Waals surface area contributed by atoms with Gasteiger partial charge < -0.3 is 24.7 Å². The Balaban J connectivity index is 0.00000480. The molecule has 0 aliphatic heterocycles. The third-order valence-electron chi connectivity index (χ3n) is 4.51. The van der Waals surface area contributed by atoms with Crippen molar-refractivity contribution >= 4 is 29.9 Å². The summed E-state index contributed by atoms with van der Waals surface area (Å²) in [7, 11) is 1.75. The molecule has 0 atom stereocenters. The van der Waals surface area contributed by atoms with Gasteiger partial charge in [-0.05, 0) is 23.6 Å². The Morgan fingerprint density at radius 2 is 1.68 bits per heavy atom. The zero-order valence-electron chi connectivity index (χ0n) is 18.5. The van der Waals surface area contributed by atoms with E-state index in [2.05, 4.69) is 34.7 Å². The zero-order valence-corrected chi connectivity index (χ0v) is 20.8. The molecule has 1 heterocycles.